The van der Waals surface area contributed by atoms with Crippen LogP contribution in [0.4, 0.5) is 0 Å². The highest BCUT2D eigenvalue weighted by molar-refractivity contribution is 6.05. The van der Waals surface area contributed by atoms with E-state index in [2.05, 4.69) is 28.8 Å². The van der Waals surface area contributed by atoms with E-state index in [1.165, 1.54) is 4.90 Å². The average Bonchev–Trinajstić information content (AvgIpc) is 2.86. The van der Waals surface area contributed by atoms with Crippen LogP contribution in [0, 0.1) is 0 Å². The van der Waals surface area contributed by atoms with Crippen LogP contribution in [0.25, 0.3) is 0 Å². The fraction of sp³-hybridized carbons (Fsp3) is 0.250. The smallest absolute Gasteiger partial charge is 0.336 e. The molecule has 1 unspecified atom stereocenters. The molecule has 2 rings (SSSR count). The second kappa shape index (κ2) is 13.5. The van der Waals surface area contributed by atoms with E-state index >= 15 is 0 Å². The van der Waals surface area contributed by atoms with E-state index in [0.717, 1.165) is 12.0 Å². The first-order chi connectivity index (χ1) is 17.0. The van der Waals surface area contributed by atoms with Gasteiger partial charge in [0.1, 0.15) is 11.7 Å². The number of hydrogen-bond donors (Lipinski definition) is 2. The summed E-state index contributed by atoms with van der Waals surface area (Å²) in [5.41, 5.74) is 3.11. The van der Waals surface area contributed by atoms with Crippen molar-refractivity contribution in [2.75, 3.05) is 20.2 Å². The van der Waals surface area contributed by atoms with E-state index in [4.69, 9.17) is 4.74 Å². The maximum atomic E-state index is 13.2. The maximum Gasteiger partial charge on any atom is 0.336 e. The van der Waals surface area contributed by atoms with E-state index in [1.807, 2.05) is 43.3 Å². The van der Waals surface area contributed by atoms with Crippen molar-refractivity contribution < 1.29 is 14.3 Å². The first-order valence-electron chi connectivity index (χ1n) is 11.4. The number of rotatable bonds is 11. The van der Waals surface area contributed by atoms with Gasteiger partial charge in [0.15, 0.2) is 0 Å². The van der Waals surface area contributed by atoms with E-state index in [-0.39, 0.29) is 6.61 Å². The molecule has 0 radical (unpaired) electrons. The number of amides is 1. The number of dihydropyridines is 1. The number of nitrogens with zero attached hydrogens (tertiary/aromatic N) is 2. The highest BCUT2D eigenvalue weighted by Crippen LogP contribution is 2.40. The highest BCUT2D eigenvalue weighted by Gasteiger charge is 2.39. The topological polar surface area (TPSA) is 83.0 Å². The molecule has 0 saturated carbocycles. The van der Waals surface area contributed by atoms with Crippen LogP contribution in [0.5, 0.6) is 0 Å². The predicted octanol–water partition coefficient (Wildman–Crippen LogP) is 4.33. The van der Waals surface area contributed by atoms with Gasteiger partial charge >= 0.3 is 5.97 Å². The van der Waals surface area contributed by atoms with Gasteiger partial charge in [-0.15, -0.1) is 6.58 Å². The van der Waals surface area contributed by atoms with Gasteiger partial charge in [-0.25, -0.2) is 4.79 Å². The van der Waals surface area contributed by atoms with E-state index in [0.29, 0.717) is 40.7 Å². The summed E-state index contributed by atoms with van der Waals surface area (Å²) in [5.74, 6) is -0.000750. The van der Waals surface area contributed by atoms with Gasteiger partial charge in [0, 0.05) is 30.6 Å². The number of esters is 1. The predicted molar refractivity (Wildman–Crippen MR) is 141 cm³/mol. The minimum absolute atomic E-state index is 0.237. The number of allylic oxidation sites excluding steroid dienone is 5. The van der Waals surface area contributed by atoms with E-state index in [9.17, 15) is 9.59 Å². The zero-order valence-electron chi connectivity index (χ0n) is 20.9. The number of benzene rings is 1. The molecule has 1 aliphatic rings. The molecule has 0 aliphatic carbocycles. The molecule has 2 N–H and O–H groups in total. The molecule has 1 amide bonds. The van der Waals surface area contributed by atoms with Crippen molar-refractivity contribution in [1.29, 1.82) is 0 Å². The molecule has 1 aromatic carbocycles. The van der Waals surface area contributed by atoms with Crippen LogP contribution >= 0.6 is 0 Å². The molecule has 1 atom stereocenters. The molecule has 35 heavy (non-hydrogen) atoms. The molecule has 7 heteroatoms. The Kier molecular flexibility index (Phi) is 10.5. The van der Waals surface area contributed by atoms with Gasteiger partial charge < -0.3 is 15.4 Å². The van der Waals surface area contributed by atoms with Gasteiger partial charge in [-0.3, -0.25) is 14.7 Å². The Bertz CT molecular complexity index is 1090. The lowest BCUT2D eigenvalue weighted by Crippen LogP contribution is -2.42. The van der Waals surface area contributed by atoms with Gasteiger partial charge in [0.05, 0.1) is 18.1 Å². The third kappa shape index (κ3) is 6.26. The molecule has 1 heterocycles. The zero-order valence-corrected chi connectivity index (χ0v) is 20.9. The lowest BCUT2D eigenvalue weighted by molar-refractivity contribution is -0.138. The van der Waals surface area contributed by atoms with Gasteiger partial charge in [0.25, 0.3) is 0 Å². The zero-order chi connectivity index (χ0) is 25.8. The van der Waals surface area contributed by atoms with Crippen molar-refractivity contribution >= 4 is 18.2 Å². The summed E-state index contributed by atoms with van der Waals surface area (Å²) in [6.45, 7) is 13.7. The second-order valence-electron chi connectivity index (χ2n) is 7.53. The average molecular weight is 475 g/mol. The highest BCUT2D eigenvalue weighted by atomic mass is 16.5. The molecular formula is C28H34N4O3. The molecule has 7 nitrogen and oxygen atoms in total. The standard InChI is InChI=1S/C28H34N4O3/c1-7-14-22(15-8-2)32(19-33)27-25(26(29-6)30-18-9-3)24(21-16-12-11-13-17-21)23(20(5)31-27)28(34)35-10-4/h7-9,11-17,19,24,31H,1,3,10,18H2,2,4-6H3,(H,29,30)/b15-8-,22-14+. The van der Waals surface area contributed by atoms with E-state index < -0.39 is 11.9 Å². The number of hydrogen-bond acceptors (Lipinski definition) is 5. The van der Waals surface area contributed by atoms with Gasteiger partial charge in [-0.2, -0.15) is 0 Å². The van der Waals surface area contributed by atoms with Gasteiger partial charge in [-0.1, -0.05) is 55.1 Å². The van der Waals surface area contributed by atoms with Crippen molar-refractivity contribution in [3.8, 4) is 0 Å². The lowest BCUT2D eigenvalue weighted by atomic mass is 9.80. The summed E-state index contributed by atoms with van der Waals surface area (Å²) in [7, 11) is 1.66. The molecule has 0 fully saturated rings. The number of amidine groups is 1. The van der Waals surface area contributed by atoms with Crippen LogP contribution in [-0.4, -0.2) is 43.3 Å². The monoisotopic (exact) mass is 474 g/mol. The third-order valence-electron chi connectivity index (χ3n) is 5.31. The van der Waals surface area contributed by atoms with Gasteiger partial charge in [0.2, 0.25) is 6.41 Å². The number of carbonyl (C=O) groups excluding carboxylic acids is 2. The molecule has 1 aromatic rings. The fourth-order valence-corrected chi connectivity index (χ4v) is 3.92. The summed E-state index contributed by atoms with van der Waals surface area (Å²) in [4.78, 5) is 31.7. The summed E-state index contributed by atoms with van der Waals surface area (Å²) in [5, 5.41) is 6.56. The van der Waals surface area contributed by atoms with Crippen molar-refractivity contribution in [3.05, 3.63) is 108 Å². The second-order valence-corrected chi connectivity index (χ2v) is 7.53. The Morgan fingerprint density at radius 3 is 2.51 bits per heavy atom. The normalized spacial score (nSPS) is 16.6. The van der Waals surface area contributed by atoms with Crippen LogP contribution in [0.1, 0.15) is 32.3 Å². The summed E-state index contributed by atoms with van der Waals surface area (Å²) >= 11 is 0. The SMILES string of the molecule is C=C/C=C(\C=C/C)N(C=O)C1=C(C(=NC)NCC=C)C(c2ccccc2)C(C(=O)OCC)=C(C)N1. The summed E-state index contributed by atoms with van der Waals surface area (Å²) in [6.07, 6.45) is 9.43. The molecule has 0 bridgehead atoms. The number of carbonyl (C=O) groups is 2. The Labute approximate surface area is 208 Å². The van der Waals surface area contributed by atoms with Crippen LogP contribution < -0.4 is 10.6 Å². The largest absolute Gasteiger partial charge is 0.463 e. The minimum atomic E-state index is -0.555. The molecule has 0 spiro atoms. The maximum absolute atomic E-state index is 13.2. The van der Waals surface area contributed by atoms with Crippen molar-refractivity contribution in [1.82, 2.24) is 15.5 Å². The van der Waals surface area contributed by atoms with Crippen molar-refractivity contribution in [2.24, 2.45) is 4.99 Å². The van der Waals surface area contributed by atoms with Crippen LogP contribution in [0.2, 0.25) is 0 Å². The van der Waals surface area contributed by atoms with Gasteiger partial charge in [-0.05, 0) is 38.5 Å². The van der Waals surface area contributed by atoms with Crippen LogP contribution in [0.15, 0.2) is 107 Å². The molecular weight excluding hydrogens is 440 g/mol. The Morgan fingerprint density at radius 2 is 1.97 bits per heavy atom. The quantitative estimate of drug-likeness (QED) is 0.125. The Morgan fingerprint density at radius 1 is 1.26 bits per heavy atom. The number of aliphatic imine (C=N–C) groups is 1. The molecule has 184 valence electrons. The van der Waals surface area contributed by atoms with Crippen molar-refractivity contribution in [3.63, 3.8) is 0 Å². The fourth-order valence-electron chi connectivity index (χ4n) is 3.92. The number of nitrogens with one attached hydrogen (secondary N) is 2. The Hall–Kier alpha value is -4.13. The summed E-state index contributed by atoms with van der Waals surface area (Å²) in [6, 6.07) is 9.62. The molecule has 0 aromatic heterocycles. The van der Waals surface area contributed by atoms with Crippen LogP contribution in [0.3, 0.4) is 0 Å². The molecule has 0 saturated heterocycles. The van der Waals surface area contributed by atoms with E-state index in [1.54, 1.807) is 45.2 Å². The molecule has 1 aliphatic heterocycles. The first kappa shape index (κ1) is 27.1. The minimum Gasteiger partial charge on any atom is -0.463 e. The number of ether oxygens (including phenoxy) is 1. The lowest BCUT2D eigenvalue weighted by Gasteiger charge is -2.36. The summed E-state index contributed by atoms with van der Waals surface area (Å²) < 4.78 is 5.44. The van der Waals surface area contributed by atoms with Crippen molar-refractivity contribution in [2.45, 2.75) is 26.7 Å². The third-order valence-corrected chi connectivity index (χ3v) is 5.31. The first-order valence-corrected chi connectivity index (χ1v) is 11.4. The Balaban J connectivity index is 2.95. The van der Waals surface area contributed by atoms with Crippen LogP contribution in [-0.2, 0) is 14.3 Å².